The molecule has 1 aliphatic rings. The van der Waals surface area contributed by atoms with Crippen molar-refractivity contribution in [3.8, 4) is 22.6 Å². The molecule has 1 aromatic heterocycles. The number of rotatable bonds is 4. The van der Waals surface area contributed by atoms with Crippen molar-refractivity contribution in [3.63, 3.8) is 0 Å². The van der Waals surface area contributed by atoms with E-state index in [0.717, 1.165) is 44.9 Å². The van der Waals surface area contributed by atoms with Crippen LogP contribution in [-0.4, -0.2) is 0 Å². The van der Waals surface area contributed by atoms with Crippen LogP contribution in [0.4, 0.5) is 0 Å². The summed E-state index contributed by atoms with van der Waals surface area (Å²) < 4.78 is 13.5. The lowest BCUT2D eigenvalue weighted by Crippen LogP contribution is -2.03. The highest BCUT2D eigenvalue weighted by atomic mass is 16.5. The van der Waals surface area contributed by atoms with E-state index in [9.17, 15) is 0 Å². The first-order valence-electron chi connectivity index (χ1n) is 10.9. The normalized spacial score (nSPS) is 17.2. The number of hydrogen-bond acceptors (Lipinski definition) is 2. The molecule has 32 heavy (non-hydrogen) atoms. The Kier molecular flexibility index (Phi) is 4.71. The van der Waals surface area contributed by atoms with Crippen molar-refractivity contribution in [2.45, 2.75) is 12.2 Å². The molecule has 2 unspecified atom stereocenters. The van der Waals surface area contributed by atoms with Gasteiger partial charge >= 0.3 is 0 Å². The van der Waals surface area contributed by atoms with Crippen LogP contribution in [0, 0.1) is 0 Å². The van der Waals surface area contributed by atoms with Gasteiger partial charge in [-0.05, 0) is 11.1 Å². The summed E-state index contributed by atoms with van der Waals surface area (Å²) in [6.45, 7) is 0. The molecule has 0 saturated carbocycles. The van der Waals surface area contributed by atoms with E-state index < -0.39 is 0 Å². The maximum atomic E-state index is 6.81. The monoisotopic (exact) mass is 414 g/mol. The first kappa shape index (κ1) is 18.9. The van der Waals surface area contributed by atoms with Gasteiger partial charge in [0.05, 0.1) is 0 Å². The van der Waals surface area contributed by atoms with Gasteiger partial charge in [0.15, 0.2) is 0 Å². The Balaban J connectivity index is 1.65. The summed E-state index contributed by atoms with van der Waals surface area (Å²) in [6.07, 6.45) is -0.402. The molecule has 0 spiro atoms. The summed E-state index contributed by atoms with van der Waals surface area (Å²) in [4.78, 5) is 0. The molecule has 2 nitrogen and oxygen atoms in total. The van der Waals surface area contributed by atoms with Gasteiger partial charge in [0.25, 0.3) is 0 Å². The molecular formula is C30H22O2. The Labute approximate surface area is 187 Å². The SMILES string of the molecule is c1ccc(-c2oc(-c3ccccc3)c3c2C(c2ccccc2)OC3c2ccccc2)cc1. The van der Waals surface area contributed by atoms with Gasteiger partial charge in [-0.2, -0.15) is 0 Å². The Hall–Kier alpha value is -3.88. The zero-order chi connectivity index (χ0) is 21.3. The van der Waals surface area contributed by atoms with Crippen LogP contribution in [0.1, 0.15) is 34.5 Å². The zero-order valence-corrected chi connectivity index (χ0v) is 17.5. The van der Waals surface area contributed by atoms with Crippen LogP contribution in [0.2, 0.25) is 0 Å². The lowest BCUT2D eigenvalue weighted by molar-refractivity contribution is 0.0566. The third kappa shape index (κ3) is 3.17. The van der Waals surface area contributed by atoms with Gasteiger partial charge in [-0.15, -0.1) is 0 Å². The van der Waals surface area contributed by atoms with Crippen molar-refractivity contribution in [1.29, 1.82) is 0 Å². The van der Waals surface area contributed by atoms with Crippen molar-refractivity contribution in [2.75, 3.05) is 0 Å². The molecule has 2 heterocycles. The van der Waals surface area contributed by atoms with Crippen LogP contribution in [0.3, 0.4) is 0 Å². The molecule has 5 aromatic rings. The van der Waals surface area contributed by atoms with Crippen LogP contribution in [0.25, 0.3) is 22.6 Å². The summed E-state index contributed by atoms with van der Waals surface area (Å²) in [5.74, 6) is 1.76. The molecule has 0 N–H and O–H groups in total. The number of ether oxygens (including phenoxy) is 1. The topological polar surface area (TPSA) is 22.4 Å². The lowest BCUT2D eigenvalue weighted by atomic mass is 9.92. The van der Waals surface area contributed by atoms with E-state index >= 15 is 0 Å². The summed E-state index contributed by atoms with van der Waals surface area (Å²) >= 11 is 0. The number of furan rings is 1. The molecule has 1 aliphatic heterocycles. The summed E-state index contributed by atoms with van der Waals surface area (Å²) in [7, 11) is 0. The predicted octanol–water partition coefficient (Wildman–Crippen LogP) is 7.82. The average Bonchev–Trinajstić information content (AvgIpc) is 3.45. The minimum absolute atomic E-state index is 0.201. The summed E-state index contributed by atoms with van der Waals surface area (Å²) in [5.41, 5.74) is 6.62. The van der Waals surface area contributed by atoms with Crippen LogP contribution >= 0.6 is 0 Å². The first-order valence-corrected chi connectivity index (χ1v) is 10.9. The maximum absolute atomic E-state index is 6.81. The van der Waals surface area contributed by atoms with E-state index in [1.54, 1.807) is 0 Å². The molecule has 0 amide bonds. The largest absolute Gasteiger partial charge is 0.455 e. The van der Waals surface area contributed by atoms with E-state index in [1.807, 2.05) is 24.3 Å². The molecule has 0 aliphatic carbocycles. The minimum atomic E-state index is -0.201. The van der Waals surface area contributed by atoms with Gasteiger partial charge in [-0.1, -0.05) is 121 Å². The van der Waals surface area contributed by atoms with Crippen molar-refractivity contribution >= 4 is 0 Å². The Bertz CT molecular complexity index is 1220. The lowest BCUT2D eigenvalue weighted by Gasteiger charge is -2.17. The van der Waals surface area contributed by atoms with E-state index in [4.69, 9.17) is 9.15 Å². The smallest absolute Gasteiger partial charge is 0.141 e. The van der Waals surface area contributed by atoms with Gasteiger partial charge in [0.1, 0.15) is 23.7 Å². The average molecular weight is 415 g/mol. The van der Waals surface area contributed by atoms with Gasteiger partial charge in [-0.25, -0.2) is 0 Å². The Morgan fingerprint density at radius 2 is 0.750 bits per heavy atom. The second-order valence-corrected chi connectivity index (χ2v) is 8.04. The second kappa shape index (κ2) is 7.99. The number of hydrogen-bond donors (Lipinski definition) is 0. The van der Waals surface area contributed by atoms with Crippen LogP contribution in [0.15, 0.2) is 126 Å². The third-order valence-corrected chi connectivity index (χ3v) is 6.06. The highest BCUT2D eigenvalue weighted by Gasteiger charge is 2.41. The third-order valence-electron chi connectivity index (χ3n) is 6.06. The second-order valence-electron chi connectivity index (χ2n) is 8.04. The van der Waals surface area contributed by atoms with Crippen LogP contribution in [0.5, 0.6) is 0 Å². The molecule has 2 heteroatoms. The Morgan fingerprint density at radius 1 is 0.406 bits per heavy atom. The number of fused-ring (bicyclic) bond motifs is 1. The van der Waals surface area contributed by atoms with Crippen molar-refractivity contribution in [2.24, 2.45) is 0 Å². The quantitative estimate of drug-likeness (QED) is 0.299. The number of benzene rings is 4. The molecule has 2 atom stereocenters. The van der Waals surface area contributed by atoms with Crippen LogP contribution < -0.4 is 0 Å². The maximum Gasteiger partial charge on any atom is 0.141 e. The Morgan fingerprint density at radius 3 is 1.12 bits per heavy atom. The van der Waals surface area contributed by atoms with E-state index in [0.29, 0.717) is 0 Å². The van der Waals surface area contributed by atoms with Gasteiger partial charge < -0.3 is 9.15 Å². The fourth-order valence-electron chi connectivity index (χ4n) is 4.60. The molecule has 4 aromatic carbocycles. The van der Waals surface area contributed by atoms with Gasteiger partial charge in [0, 0.05) is 22.3 Å². The van der Waals surface area contributed by atoms with E-state index in [2.05, 4.69) is 97.1 Å². The molecule has 0 fully saturated rings. The van der Waals surface area contributed by atoms with Crippen molar-refractivity contribution in [3.05, 3.63) is 144 Å². The molecule has 0 radical (unpaired) electrons. The molecule has 154 valence electrons. The first-order chi connectivity index (χ1) is 15.9. The van der Waals surface area contributed by atoms with E-state index in [-0.39, 0.29) is 12.2 Å². The summed E-state index contributed by atoms with van der Waals surface area (Å²) in [5, 5.41) is 0. The molecule has 0 bridgehead atoms. The molecular weight excluding hydrogens is 392 g/mol. The minimum Gasteiger partial charge on any atom is -0.455 e. The van der Waals surface area contributed by atoms with Gasteiger partial charge in [0.2, 0.25) is 0 Å². The highest BCUT2D eigenvalue weighted by Crippen LogP contribution is 2.54. The fourth-order valence-corrected chi connectivity index (χ4v) is 4.60. The zero-order valence-electron chi connectivity index (χ0n) is 17.5. The van der Waals surface area contributed by atoms with Crippen LogP contribution in [-0.2, 0) is 4.74 Å². The standard InChI is InChI=1S/C30H22O2/c1-5-13-21(14-6-1)27-25-26(29(31-27)23-17-9-3-10-18-23)30(24-19-11-4-12-20-24)32-28(25)22-15-7-2-8-16-22/h1-20,27,29H. The van der Waals surface area contributed by atoms with Crippen molar-refractivity contribution in [1.82, 2.24) is 0 Å². The highest BCUT2D eigenvalue weighted by molar-refractivity contribution is 5.76. The molecule has 0 saturated heterocycles. The van der Waals surface area contributed by atoms with Crippen molar-refractivity contribution < 1.29 is 9.15 Å². The van der Waals surface area contributed by atoms with E-state index in [1.165, 1.54) is 0 Å². The predicted molar refractivity (Wildman–Crippen MR) is 127 cm³/mol. The summed E-state index contributed by atoms with van der Waals surface area (Å²) in [6, 6.07) is 41.5. The fraction of sp³-hybridized carbons (Fsp3) is 0.0667. The van der Waals surface area contributed by atoms with Gasteiger partial charge in [-0.3, -0.25) is 0 Å². The molecule has 6 rings (SSSR count).